The molecule has 0 aliphatic rings. The third kappa shape index (κ3) is 2.21. The molecule has 1 aromatic carbocycles. The molecule has 1 atom stereocenters. The van der Waals surface area contributed by atoms with Crippen LogP contribution in [-0.4, -0.2) is 11.5 Å². The minimum Gasteiger partial charge on any atom is -0.361 e. The van der Waals surface area contributed by atoms with Gasteiger partial charge in [0.05, 0.1) is 0 Å². The summed E-state index contributed by atoms with van der Waals surface area (Å²) >= 11 is 0. The van der Waals surface area contributed by atoms with Gasteiger partial charge in [-0.2, -0.15) is 0 Å². The molecule has 0 aliphatic carbocycles. The Morgan fingerprint density at radius 3 is 2.71 bits per heavy atom. The molecule has 1 unspecified atom stereocenters. The van der Waals surface area contributed by atoms with Crippen molar-refractivity contribution in [2.75, 3.05) is 6.54 Å². The van der Waals surface area contributed by atoms with Crippen molar-refractivity contribution in [3.05, 3.63) is 36.0 Å². The first-order valence-corrected chi connectivity index (χ1v) is 6.08. The topological polar surface area (TPSA) is 67.8 Å². The molecule has 1 aromatic heterocycles. The summed E-state index contributed by atoms with van der Waals surface area (Å²) in [6, 6.07) is 8.25. The summed E-state index contributed by atoms with van der Waals surface area (Å²) in [6.07, 6.45) is 2.95. The maximum absolute atomic E-state index is 6.39. The van der Waals surface area contributed by atoms with Crippen molar-refractivity contribution in [1.82, 2.24) is 4.98 Å². The fourth-order valence-electron chi connectivity index (χ4n) is 2.30. The molecule has 0 fully saturated rings. The third-order valence-electron chi connectivity index (χ3n) is 3.59. The van der Waals surface area contributed by atoms with Gasteiger partial charge in [0.25, 0.3) is 0 Å². The van der Waals surface area contributed by atoms with Gasteiger partial charge in [-0.25, -0.2) is 0 Å². The summed E-state index contributed by atoms with van der Waals surface area (Å²) in [5.41, 5.74) is 14.4. The molecule has 2 rings (SSSR count). The quantitative estimate of drug-likeness (QED) is 0.757. The molecule has 3 nitrogen and oxygen atoms in total. The van der Waals surface area contributed by atoms with Crippen molar-refractivity contribution in [1.29, 1.82) is 0 Å². The number of aromatic nitrogens is 1. The summed E-state index contributed by atoms with van der Waals surface area (Å²) in [6.45, 7) is 5.02. The van der Waals surface area contributed by atoms with Crippen molar-refractivity contribution >= 4 is 10.9 Å². The molecule has 0 aliphatic heterocycles. The summed E-state index contributed by atoms with van der Waals surface area (Å²) in [7, 11) is 0. The molecule has 1 heterocycles. The van der Waals surface area contributed by atoms with E-state index in [1.807, 2.05) is 18.3 Å². The van der Waals surface area contributed by atoms with E-state index in [0.29, 0.717) is 6.54 Å². The van der Waals surface area contributed by atoms with Crippen LogP contribution in [0.2, 0.25) is 0 Å². The lowest BCUT2D eigenvalue weighted by molar-refractivity contribution is 0.272. The molecule has 5 N–H and O–H groups in total. The minimum atomic E-state index is 0.00204. The zero-order chi connectivity index (χ0) is 12.5. The van der Waals surface area contributed by atoms with Gasteiger partial charge in [0.2, 0.25) is 0 Å². The van der Waals surface area contributed by atoms with Crippen molar-refractivity contribution in [3.8, 4) is 0 Å². The van der Waals surface area contributed by atoms with E-state index in [4.69, 9.17) is 11.5 Å². The molecule has 92 valence electrons. The van der Waals surface area contributed by atoms with Crippen LogP contribution in [0, 0.1) is 5.41 Å². The van der Waals surface area contributed by atoms with Crippen LogP contribution in [0.15, 0.2) is 30.5 Å². The zero-order valence-electron chi connectivity index (χ0n) is 10.5. The van der Waals surface area contributed by atoms with E-state index in [9.17, 15) is 0 Å². The Hall–Kier alpha value is -1.32. The van der Waals surface area contributed by atoms with Crippen LogP contribution < -0.4 is 11.5 Å². The standard InChI is InChI=1S/C14H21N3/c1-14(2,7-8-15)13(16)11-9-17-12-6-4-3-5-10(11)12/h3-6,9,13,17H,7-8,15-16H2,1-2H3. The van der Waals surface area contributed by atoms with Gasteiger partial charge in [0.15, 0.2) is 0 Å². The molecule has 0 radical (unpaired) electrons. The second-order valence-corrected chi connectivity index (χ2v) is 5.29. The Balaban J connectivity index is 2.40. The highest BCUT2D eigenvalue weighted by atomic mass is 14.7. The van der Waals surface area contributed by atoms with E-state index in [-0.39, 0.29) is 11.5 Å². The maximum atomic E-state index is 6.39. The van der Waals surface area contributed by atoms with E-state index < -0.39 is 0 Å². The smallest absolute Gasteiger partial charge is 0.0457 e. The van der Waals surface area contributed by atoms with Gasteiger partial charge in [-0.1, -0.05) is 32.0 Å². The number of hydrogen-bond donors (Lipinski definition) is 3. The monoisotopic (exact) mass is 231 g/mol. The summed E-state index contributed by atoms with van der Waals surface area (Å²) in [5, 5.41) is 1.21. The number of rotatable bonds is 4. The van der Waals surface area contributed by atoms with Crippen LogP contribution >= 0.6 is 0 Å². The lowest BCUT2D eigenvalue weighted by Crippen LogP contribution is -2.31. The number of nitrogens with one attached hydrogen (secondary N) is 1. The van der Waals surface area contributed by atoms with E-state index in [1.165, 1.54) is 10.9 Å². The van der Waals surface area contributed by atoms with E-state index in [1.54, 1.807) is 0 Å². The first-order chi connectivity index (χ1) is 8.06. The number of fused-ring (bicyclic) bond motifs is 1. The Morgan fingerprint density at radius 1 is 1.29 bits per heavy atom. The molecular formula is C14H21N3. The van der Waals surface area contributed by atoms with Gasteiger partial charge in [-0.05, 0) is 30.0 Å². The molecule has 0 bridgehead atoms. The van der Waals surface area contributed by atoms with E-state index >= 15 is 0 Å². The normalized spacial score (nSPS) is 14.1. The number of aromatic amines is 1. The molecule has 0 spiro atoms. The zero-order valence-corrected chi connectivity index (χ0v) is 10.5. The fraction of sp³-hybridized carbons (Fsp3) is 0.429. The predicted octanol–water partition coefficient (Wildman–Crippen LogP) is 2.54. The summed E-state index contributed by atoms with van der Waals surface area (Å²) < 4.78 is 0. The van der Waals surface area contributed by atoms with Gasteiger partial charge < -0.3 is 16.5 Å². The summed E-state index contributed by atoms with van der Waals surface area (Å²) in [5.74, 6) is 0. The van der Waals surface area contributed by atoms with E-state index in [2.05, 4.69) is 31.0 Å². The van der Waals surface area contributed by atoms with Crippen molar-refractivity contribution in [3.63, 3.8) is 0 Å². The van der Waals surface area contributed by atoms with Gasteiger partial charge in [0.1, 0.15) is 0 Å². The van der Waals surface area contributed by atoms with Crippen LogP contribution in [0.4, 0.5) is 0 Å². The van der Waals surface area contributed by atoms with Crippen LogP contribution in [0.5, 0.6) is 0 Å². The average molecular weight is 231 g/mol. The van der Waals surface area contributed by atoms with Crippen LogP contribution in [0.25, 0.3) is 10.9 Å². The lowest BCUT2D eigenvalue weighted by Gasteiger charge is -2.31. The molecule has 17 heavy (non-hydrogen) atoms. The van der Waals surface area contributed by atoms with Crippen LogP contribution in [0.3, 0.4) is 0 Å². The average Bonchev–Trinajstić information content (AvgIpc) is 2.71. The van der Waals surface area contributed by atoms with Crippen LogP contribution in [-0.2, 0) is 0 Å². The number of H-pyrrole nitrogens is 1. The van der Waals surface area contributed by atoms with Gasteiger partial charge in [0, 0.05) is 23.1 Å². The van der Waals surface area contributed by atoms with Crippen molar-refractivity contribution in [2.45, 2.75) is 26.3 Å². The summed E-state index contributed by atoms with van der Waals surface area (Å²) in [4.78, 5) is 3.27. The van der Waals surface area contributed by atoms with E-state index in [0.717, 1.165) is 11.9 Å². The molecule has 3 heteroatoms. The second kappa shape index (κ2) is 4.51. The molecule has 0 saturated carbocycles. The Labute approximate surface area is 102 Å². The first kappa shape index (κ1) is 12.1. The van der Waals surface area contributed by atoms with Gasteiger partial charge in [-0.15, -0.1) is 0 Å². The second-order valence-electron chi connectivity index (χ2n) is 5.29. The molecule has 0 saturated heterocycles. The van der Waals surface area contributed by atoms with Crippen molar-refractivity contribution in [2.24, 2.45) is 16.9 Å². The number of nitrogens with two attached hydrogens (primary N) is 2. The first-order valence-electron chi connectivity index (χ1n) is 6.08. The molecular weight excluding hydrogens is 210 g/mol. The Kier molecular flexibility index (Phi) is 3.22. The SMILES string of the molecule is CC(C)(CCN)C(N)c1c[nH]c2ccccc12. The van der Waals surface area contributed by atoms with Crippen molar-refractivity contribution < 1.29 is 0 Å². The number of para-hydroxylation sites is 1. The number of hydrogen-bond acceptors (Lipinski definition) is 2. The Morgan fingerprint density at radius 2 is 2.00 bits per heavy atom. The van der Waals surface area contributed by atoms with Crippen LogP contribution in [0.1, 0.15) is 31.9 Å². The lowest BCUT2D eigenvalue weighted by atomic mass is 9.78. The predicted molar refractivity (Wildman–Crippen MR) is 72.7 cm³/mol. The maximum Gasteiger partial charge on any atom is 0.0457 e. The molecule has 0 amide bonds. The highest BCUT2D eigenvalue weighted by Crippen LogP contribution is 2.37. The minimum absolute atomic E-state index is 0.00204. The third-order valence-corrected chi connectivity index (χ3v) is 3.59. The highest BCUT2D eigenvalue weighted by molar-refractivity contribution is 5.83. The molecule has 2 aromatic rings. The highest BCUT2D eigenvalue weighted by Gasteiger charge is 2.28. The fourth-order valence-corrected chi connectivity index (χ4v) is 2.30. The Bertz CT molecular complexity index is 499. The largest absolute Gasteiger partial charge is 0.361 e. The van der Waals surface area contributed by atoms with Gasteiger partial charge in [-0.3, -0.25) is 0 Å². The number of benzene rings is 1. The van der Waals surface area contributed by atoms with Gasteiger partial charge >= 0.3 is 0 Å².